The zero-order valence-corrected chi connectivity index (χ0v) is 21.3. The molecule has 14 heteroatoms. The molecule has 0 spiro atoms. The van der Waals surface area contributed by atoms with Crippen LogP contribution in [0.25, 0.3) is 0 Å². The second-order valence-electron chi connectivity index (χ2n) is 7.40. The van der Waals surface area contributed by atoms with Gasteiger partial charge >= 0.3 is 0 Å². The summed E-state index contributed by atoms with van der Waals surface area (Å²) in [6, 6.07) is 12.1. The summed E-state index contributed by atoms with van der Waals surface area (Å²) in [5.74, 6) is -1.56. The topological polar surface area (TPSA) is 142 Å². The van der Waals surface area contributed by atoms with Crippen LogP contribution in [-0.2, 0) is 29.9 Å². The standard InChI is InChI=1S/C21H17ClFN3O6S3/c1-33(27,28)26(34(2,29)30)20-12-15(9-10-25-20)21(18-11-14(13-24)3-8-19(18)23)35(31,32)17-6-4-16(22)5-7-17/h3-12,21H,1-2H3. The molecule has 184 valence electrons. The van der Waals surface area contributed by atoms with Crippen LogP contribution in [0, 0.1) is 17.1 Å². The molecule has 0 aliphatic carbocycles. The van der Waals surface area contributed by atoms with Crippen molar-refractivity contribution in [2.75, 3.05) is 16.2 Å². The number of halogens is 2. The van der Waals surface area contributed by atoms with E-state index >= 15 is 0 Å². The molecule has 3 aromatic rings. The summed E-state index contributed by atoms with van der Waals surface area (Å²) in [4.78, 5) is 3.54. The molecule has 0 bridgehead atoms. The molecule has 3 rings (SSSR count). The number of nitrogens with zero attached hydrogens (tertiary/aromatic N) is 3. The normalized spacial score (nSPS) is 13.1. The highest BCUT2D eigenvalue weighted by atomic mass is 35.5. The number of pyridine rings is 1. The summed E-state index contributed by atoms with van der Waals surface area (Å²) in [7, 11) is -13.2. The lowest BCUT2D eigenvalue weighted by Gasteiger charge is -2.23. The van der Waals surface area contributed by atoms with Crippen LogP contribution in [-0.4, -0.2) is 42.7 Å². The molecular formula is C21H17ClFN3O6S3. The first kappa shape index (κ1) is 26.6. The van der Waals surface area contributed by atoms with Gasteiger partial charge in [0.15, 0.2) is 15.7 Å². The van der Waals surface area contributed by atoms with E-state index in [-0.39, 0.29) is 24.8 Å². The maximum atomic E-state index is 15.0. The molecule has 35 heavy (non-hydrogen) atoms. The lowest BCUT2D eigenvalue weighted by Crippen LogP contribution is -2.36. The summed E-state index contributed by atoms with van der Waals surface area (Å²) >= 11 is 5.86. The van der Waals surface area contributed by atoms with Crippen LogP contribution >= 0.6 is 11.6 Å². The Morgan fingerprint density at radius 2 is 1.54 bits per heavy atom. The minimum atomic E-state index is -4.44. The zero-order chi connectivity index (χ0) is 26.2. The quantitative estimate of drug-likeness (QED) is 0.431. The number of anilines is 1. The first-order chi connectivity index (χ1) is 16.2. The molecule has 1 unspecified atom stereocenters. The number of rotatable bonds is 7. The average Bonchev–Trinajstić information content (AvgIpc) is 2.73. The van der Waals surface area contributed by atoms with Gasteiger partial charge in [0.1, 0.15) is 11.1 Å². The van der Waals surface area contributed by atoms with Crippen LogP contribution in [0.3, 0.4) is 0 Å². The number of hydrogen-bond donors (Lipinski definition) is 0. The molecule has 0 saturated heterocycles. The lowest BCUT2D eigenvalue weighted by atomic mass is 10.0. The van der Waals surface area contributed by atoms with Gasteiger partial charge < -0.3 is 0 Å². The Morgan fingerprint density at radius 3 is 2.09 bits per heavy atom. The predicted octanol–water partition coefficient (Wildman–Crippen LogP) is 3.03. The van der Waals surface area contributed by atoms with Crippen molar-refractivity contribution in [1.29, 1.82) is 5.26 Å². The molecule has 1 aromatic heterocycles. The van der Waals surface area contributed by atoms with Crippen molar-refractivity contribution in [3.8, 4) is 6.07 Å². The van der Waals surface area contributed by atoms with E-state index in [0.717, 1.165) is 30.5 Å². The Morgan fingerprint density at radius 1 is 0.943 bits per heavy atom. The van der Waals surface area contributed by atoms with E-state index in [0.29, 0.717) is 12.5 Å². The monoisotopic (exact) mass is 557 g/mol. The summed E-state index contributed by atoms with van der Waals surface area (Å²) < 4.78 is 91.2. The molecule has 2 aromatic carbocycles. The molecule has 1 heterocycles. The number of benzene rings is 2. The fourth-order valence-corrected chi connectivity index (χ4v) is 8.16. The van der Waals surface area contributed by atoms with E-state index in [1.807, 2.05) is 6.07 Å². The third-order valence-corrected chi connectivity index (χ3v) is 10.3. The largest absolute Gasteiger partial charge is 0.246 e. The second-order valence-corrected chi connectivity index (χ2v) is 13.8. The summed E-state index contributed by atoms with van der Waals surface area (Å²) in [6.45, 7) is 0. The van der Waals surface area contributed by atoms with Crippen molar-refractivity contribution in [1.82, 2.24) is 4.98 Å². The third-order valence-electron chi connectivity index (χ3n) is 4.72. The maximum absolute atomic E-state index is 15.0. The molecule has 0 fully saturated rings. The van der Waals surface area contributed by atoms with Gasteiger partial charge in [0, 0.05) is 16.8 Å². The second kappa shape index (κ2) is 9.54. The van der Waals surface area contributed by atoms with Gasteiger partial charge in [-0.05, 0) is 60.2 Å². The van der Waals surface area contributed by atoms with Crippen LogP contribution < -0.4 is 3.71 Å². The van der Waals surface area contributed by atoms with Crippen molar-refractivity contribution in [2.45, 2.75) is 10.1 Å². The van der Waals surface area contributed by atoms with Gasteiger partial charge in [0.2, 0.25) is 20.0 Å². The van der Waals surface area contributed by atoms with E-state index in [1.165, 1.54) is 30.3 Å². The highest BCUT2D eigenvalue weighted by Gasteiger charge is 2.35. The predicted molar refractivity (Wildman–Crippen MR) is 128 cm³/mol. The first-order valence-electron chi connectivity index (χ1n) is 9.51. The van der Waals surface area contributed by atoms with Crippen molar-refractivity contribution >= 4 is 47.3 Å². The third kappa shape index (κ3) is 5.62. The number of sulfonamides is 2. The number of aromatic nitrogens is 1. The van der Waals surface area contributed by atoms with Gasteiger partial charge in [-0.2, -0.15) is 5.26 Å². The van der Waals surface area contributed by atoms with E-state index < -0.39 is 52.3 Å². The minimum Gasteiger partial charge on any atom is -0.237 e. The van der Waals surface area contributed by atoms with E-state index in [1.54, 1.807) is 0 Å². The summed E-state index contributed by atoms with van der Waals surface area (Å²) in [5.41, 5.74) is -0.612. The molecule has 1 atom stereocenters. The lowest BCUT2D eigenvalue weighted by molar-refractivity contribution is 0.577. The van der Waals surface area contributed by atoms with Crippen molar-refractivity contribution in [3.05, 3.63) is 88.3 Å². The van der Waals surface area contributed by atoms with Gasteiger partial charge in [0.25, 0.3) is 0 Å². The van der Waals surface area contributed by atoms with Gasteiger partial charge in [-0.3, -0.25) is 0 Å². The molecule has 0 radical (unpaired) electrons. The molecular weight excluding hydrogens is 541 g/mol. The van der Waals surface area contributed by atoms with E-state index in [9.17, 15) is 34.9 Å². The molecule has 9 nitrogen and oxygen atoms in total. The van der Waals surface area contributed by atoms with Crippen LogP contribution in [0.2, 0.25) is 5.02 Å². The number of sulfone groups is 1. The van der Waals surface area contributed by atoms with Crippen molar-refractivity contribution in [2.24, 2.45) is 0 Å². The molecule has 0 saturated carbocycles. The van der Waals surface area contributed by atoms with Gasteiger partial charge in [0.05, 0.1) is 29.0 Å². The zero-order valence-electron chi connectivity index (χ0n) is 18.1. The van der Waals surface area contributed by atoms with Gasteiger partial charge in [-0.1, -0.05) is 11.6 Å². The smallest absolute Gasteiger partial charge is 0.237 e. The Kier molecular flexibility index (Phi) is 7.24. The van der Waals surface area contributed by atoms with Gasteiger partial charge in [-0.25, -0.2) is 34.6 Å². The Labute approximate surface area is 207 Å². The van der Waals surface area contributed by atoms with Gasteiger partial charge in [-0.15, -0.1) is 3.71 Å². The van der Waals surface area contributed by atoms with Crippen LogP contribution in [0.1, 0.15) is 21.9 Å². The fraction of sp³-hybridized carbons (Fsp3) is 0.143. The van der Waals surface area contributed by atoms with Crippen molar-refractivity contribution in [3.63, 3.8) is 0 Å². The Hall–Kier alpha value is -3.05. The summed E-state index contributed by atoms with van der Waals surface area (Å²) in [6.07, 6.45) is 2.28. The van der Waals surface area contributed by atoms with E-state index in [4.69, 9.17) is 11.6 Å². The minimum absolute atomic E-state index is 0.0270. The van der Waals surface area contributed by atoms with E-state index in [2.05, 4.69) is 4.98 Å². The Bertz CT molecular complexity index is 1620. The molecule has 0 amide bonds. The van der Waals surface area contributed by atoms with Crippen molar-refractivity contribution < 1.29 is 29.6 Å². The number of hydrogen-bond acceptors (Lipinski definition) is 8. The average molecular weight is 558 g/mol. The molecule has 0 aliphatic heterocycles. The maximum Gasteiger partial charge on any atom is 0.246 e. The van der Waals surface area contributed by atoms with Crippen LogP contribution in [0.15, 0.2) is 65.7 Å². The molecule has 0 N–H and O–H groups in total. The molecule has 0 aliphatic rings. The Balaban J connectivity index is 2.36. The highest BCUT2D eigenvalue weighted by Crippen LogP contribution is 2.38. The summed E-state index contributed by atoms with van der Waals surface area (Å²) in [5, 5.41) is 7.72. The fourth-order valence-electron chi connectivity index (χ4n) is 3.38. The van der Waals surface area contributed by atoms with Crippen LogP contribution in [0.4, 0.5) is 10.2 Å². The highest BCUT2D eigenvalue weighted by molar-refractivity contribution is 8.09. The SMILES string of the molecule is CS(=O)(=O)N(c1cc(C(c2cc(C#N)ccc2F)S(=O)(=O)c2ccc(Cl)cc2)ccn1)S(C)(=O)=O. The van der Waals surface area contributed by atoms with Crippen LogP contribution in [0.5, 0.6) is 0 Å². The number of nitriles is 1. The first-order valence-corrected chi connectivity index (χ1v) is 15.1.